The van der Waals surface area contributed by atoms with Gasteiger partial charge in [-0.05, 0) is 55.9 Å². The molecule has 0 amide bonds. The van der Waals surface area contributed by atoms with Crippen LogP contribution in [0.4, 0.5) is 4.39 Å². The topological polar surface area (TPSA) is 92.2 Å². The maximum Gasteiger partial charge on any atom is 0.291 e. The molecule has 0 aliphatic carbocycles. The Morgan fingerprint density at radius 3 is 2.68 bits per heavy atom. The fourth-order valence-corrected chi connectivity index (χ4v) is 4.86. The van der Waals surface area contributed by atoms with E-state index in [0.29, 0.717) is 24.4 Å². The largest absolute Gasteiger partial charge is 0.380 e. The number of para-hydroxylation sites is 1. The average molecular weight is 429 g/mol. The molecule has 5 rings (SSSR count). The van der Waals surface area contributed by atoms with Crippen LogP contribution in [0.25, 0.3) is 16.9 Å². The van der Waals surface area contributed by atoms with Gasteiger partial charge in [0.05, 0.1) is 5.69 Å². The Balaban J connectivity index is 1.41. The van der Waals surface area contributed by atoms with Gasteiger partial charge in [-0.3, -0.25) is 0 Å². The van der Waals surface area contributed by atoms with Crippen molar-refractivity contribution >= 4 is 10.9 Å². The summed E-state index contributed by atoms with van der Waals surface area (Å²) in [6.45, 7) is 7.69. The number of piperidine rings is 2. The van der Waals surface area contributed by atoms with Crippen LogP contribution in [-0.2, 0) is 5.60 Å². The van der Waals surface area contributed by atoms with Gasteiger partial charge in [0.15, 0.2) is 0 Å². The molecule has 0 atom stereocenters. The Labute approximate surface area is 180 Å². The molecule has 9 heteroatoms. The quantitative estimate of drug-likeness (QED) is 0.660. The highest BCUT2D eigenvalue weighted by atomic mass is 19.1. The van der Waals surface area contributed by atoms with Crippen LogP contribution in [0.15, 0.2) is 22.7 Å². The molecule has 0 saturated carbocycles. The Morgan fingerprint density at radius 2 is 1.97 bits per heavy atom. The van der Waals surface area contributed by atoms with Gasteiger partial charge in [0.2, 0.25) is 0 Å². The molecule has 0 bridgehead atoms. The van der Waals surface area contributed by atoms with Crippen molar-refractivity contribution in [2.45, 2.75) is 57.1 Å². The van der Waals surface area contributed by atoms with Gasteiger partial charge in [0.1, 0.15) is 16.9 Å². The number of likely N-dealkylation sites (tertiary alicyclic amines) is 1. The summed E-state index contributed by atoms with van der Waals surface area (Å²) in [7, 11) is 0. The monoisotopic (exact) mass is 428 g/mol. The second-order valence-corrected chi connectivity index (χ2v) is 9.04. The summed E-state index contributed by atoms with van der Waals surface area (Å²) in [5.41, 5.74) is -0.0713. The van der Waals surface area contributed by atoms with Crippen LogP contribution in [-0.4, -0.2) is 62.1 Å². The van der Waals surface area contributed by atoms with Crippen molar-refractivity contribution in [1.82, 2.24) is 30.1 Å². The van der Waals surface area contributed by atoms with Crippen LogP contribution in [0, 0.1) is 5.82 Å². The van der Waals surface area contributed by atoms with Crippen LogP contribution in [0.2, 0.25) is 0 Å². The minimum absolute atomic E-state index is 0.112. The summed E-state index contributed by atoms with van der Waals surface area (Å²) in [5.74, 6) is 0.0439. The first-order valence-electron chi connectivity index (χ1n) is 11.1. The SMILES string of the molecule is CC(C)c1nn(-c2noc(C3(O)CCN(C4CCNCC4)CC3)n2)c2c(F)cccc12. The lowest BCUT2D eigenvalue weighted by Gasteiger charge is -2.41. The molecule has 0 spiro atoms. The maximum absolute atomic E-state index is 14.7. The first-order valence-corrected chi connectivity index (χ1v) is 11.1. The van der Waals surface area contributed by atoms with Crippen LogP contribution >= 0.6 is 0 Å². The molecule has 2 N–H and O–H groups in total. The normalized spacial score (nSPS) is 20.7. The highest BCUT2D eigenvalue weighted by molar-refractivity contribution is 5.84. The van der Waals surface area contributed by atoms with E-state index in [4.69, 9.17) is 4.52 Å². The number of halogens is 1. The minimum atomic E-state index is -1.17. The van der Waals surface area contributed by atoms with Crippen molar-refractivity contribution in [1.29, 1.82) is 0 Å². The summed E-state index contributed by atoms with van der Waals surface area (Å²) < 4.78 is 21.5. The lowest BCUT2D eigenvalue weighted by atomic mass is 9.89. The lowest BCUT2D eigenvalue weighted by Crippen LogP contribution is -2.50. The smallest absolute Gasteiger partial charge is 0.291 e. The zero-order valence-corrected chi connectivity index (χ0v) is 18.0. The Morgan fingerprint density at radius 1 is 1.23 bits per heavy atom. The van der Waals surface area contributed by atoms with E-state index in [-0.39, 0.29) is 17.8 Å². The van der Waals surface area contributed by atoms with E-state index in [0.717, 1.165) is 50.1 Å². The molecule has 2 saturated heterocycles. The number of rotatable bonds is 4. The summed E-state index contributed by atoms with van der Waals surface area (Å²) in [6, 6.07) is 5.49. The van der Waals surface area contributed by atoms with Gasteiger partial charge in [-0.1, -0.05) is 26.0 Å². The molecule has 0 unspecified atom stereocenters. The van der Waals surface area contributed by atoms with Crippen molar-refractivity contribution in [3.63, 3.8) is 0 Å². The molecule has 1 aromatic carbocycles. The Hall–Kier alpha value is -2.36. The van der Waals surface area contributed by atoms with E-state index in [1.165, 1.54) is 10.7 Å². The number of aliphatic hydroxyl groups is 1. The minimum Gasteiger partial charge on any atom is -0.380 e. The Bertz CT molecular complexity index is 1060. The van der Waals surface area contributed by atoms with Gasteiger partial charge in [-0.25, -0.2) is 4.39 Å². The molecular weight excluding hydrogens is 399 g/mol. The standard InChI is InChI=1S/C22H29FN6O2/c1-14(2)18-16-4-3-5-17(23)19(16)29(26-18)21-25-20(31-27-21)22(30)8-12-28(13-9-22)15-6-10-24-11-7-15/h3-5,14-15,24,30H,6-13H2,1-2H3. The summed E-state index contributed by atoms with van der Waals surface area (Å²) in [4.78, 5) is 6.91. The molecule has 166 valence electrons. The lowest BCUT2D eigenvalue weighted by molar-refractivity contribution is -0.0594. The van der Waals surface area contributed by atoms with Crippen molar-refractivity contribution in [3.8, 4) is 5.95 Å². The van der Waals surface area contributed by atoms with Crippen molar-refractivity contribution in [2.24, 2.45) is 0 Å². The third-order valence-electron chi connectivity index (χ3n) is 6.68. The third-order valence-corrected chi connectivity index (χ3v) is 6.68. The molecule has 2 aliphatic rings. The molecule has 2 fully saturated rings. The van der Waals surface area contributed by atoms with Gasteiger partial charge >= 0.3 is 0 Å². The van der Waals surface area contributed by atoms with Crippen LogP contribution < -0.4 is 5.32 Å². The van der Waals surface area contributed by atoms with Gasteiger partial charge in [0, 0.05) is 24.5 Å². The molecular formula is C22H29FN6O2. The van der Waals surface area contributed by atoms with Crippen LogP contribution in [0.1, 0.15) is 57.0 Å². The molecule has 0 radical (unpaired) electrons. The first-order chi connectivity index (χ1) is 15.0. The average Bonchev–Trinajstić information content (AvgIpc) is 3.41. The van der Waals surface area contributed by atoms with Gasteiger partial charge in [-0.2, -0.15) is 14.8 Å². The number of nitrogens with zero attached hydrogens (tertiary/aromatic N) is 5. The van der Waals surface area contributed by atoms with E-state index in [1.54, 1.807) is 6.07 Å². The number of hydrogen-bond donors (Lipinski definition) is 2. The fourth-order valence-electron chi connectivity index (χ4n) is 4.86. The Kier molecular flexibility index (Phi) is 5.27. The van der Waals surface area contributed by atoms with E-state index in [2.05, 4.69) is 25.5 Å². The number of hydrogen-bond acceptors (Lipinski definition) is 7. The molecule has 31 heavy (non-hydrogen) atoms. The zero-order chi connectivity index (χ0) is 21.6. The van der Waals surface area contributed by atoms with Gasteiger partial charge in [0.25, 0.3) is 11.8 Å². The molecule has 3 aromatic rings. The fraction of sp³-hybridized carbons (Fsp3) is 0.591. The van der Waals surface area contributed by atoms with E-state index < -0.39 is 11.4 Å². The molecule has 8 nitrogen and oxygen atoms in total. The predicted molar refractivity (Wildman–Crippen MR) is 114 cm³/mol. The first kappa shape index (κ1) is 20.5. The maximum atomic E-state index is 14.7. The summed E-state index contributed by atoms with van der Waals surface area (Å²) in [5, 5.41) is 24.0. The van der Waals surface area contributed by atoms with Crippen LogP contribution in [0.5, 0.6) is 0 Å². The van der Waals surface area contributed by atoms with E-state index >= 15 is 0 Å². The zero-order valence-electron chi connectivity index (χ0n) is 18.0. The third kappa shape index (κ3) is 3.64. The summed E-state index contributed by atoms with van der Waals surface area (Å²) >= 11 is 0. The van der Waals surface area contributed by atoms with Gasteiger partial charge in [-0.15, -0.1) is 0 Å². The van der Waals surface area contributed by atoms with Crippen LogP contribution in [0.3, 0.4) is 0 Å². The predicted octanol–water partition coefficient (Wildman–Crippen LogP) is 2.71. The highest BCUT2D eigenvalue weighted by Crippen LogP contribution is 2.34. The van der Waals surface area contributed by atoms with E-state index in [1.807, 2.05) is 19.9 Å². The van der Waals surface area contributed by atoms with E-state index in [9.17, 15) is 9.50 Å². The highest BCUT2D eigenvalue weighted by Gasteiger charge is 2.41. The molecule has 2 aliphatic heterocycles. The number of benzene rings is 1. The number of fused-ring (bicyclic) bond motifs is 1. The number of aromatic nitrogens is 4. The summed E-state index contributed by atoms with van der Waals surface area (Å²) in [6.07, 6.45) is 3.34. The second kappa shape index (κ2) is 7.96. The van der Waals surface area contributed by atoms with Crippen molar-refractivity contribution in [3.05, 3.63) is 35.6 Å². The van der Waals surface area contributed by atoms with Crippen molar-refractivity contribution in [2.75, 3.05) is 26.2 Å². The second-order valence-electron chi connectivity index (χ2n) is 9.04. The van der Waals surface area contributed by atoms with Crippen molar-refractivity contribution < 1.29 is 14.0 Å². The van der Waals surface area contributed by atoms with Gasteiger partial charge < -0.3 is 19.8 Å². The molecule has 4 heterocycles. The number of nitrogens with one attached hydrogen (secondary N) is 1. The molecule has 2 aromatic heterocycles.